The van der Waals surface area contributed by atoms with E-state index in [-0.39, 0.29) is 10.1 Å². The molecular weight excluding hydrogens is 319 g/mol. The Hall–Kier alpha value is -1.30. The van der Waals surface area contributed by atoms with Gasteiger partial charge in [0.1, 0.15) is 10.6 Å². The van der Waals surface area contributed by atoms with Crippen molar-refractivity contribution in [3.63, 3.8) is 0 Å². The van der Waals surface area contributed by atoms with Gasteiger partial charge in [-0.05, 0) is 26.8 Å². The van der Waals surface area contributed by atoms with Crippen molar-refractivity contribution in [1.82, 2.24) is 0 Å². The van der Waals surface area contributed by atoms with Crippen molar-refractivity contribution < 1.29 is 24.2 Å². The van der Waals surface area contributed by atoms with Crippen molar-refractivity contribution in [2.24, 2.45) is 0 Å². The molecule has 1 aliphatic rings. The molecule has 1 heterocycles. The second-order valence-corrected chi connectivity index (χ2v) is 6.15. The van der Waals surface area contributed by atoms with Crippen molar-refractivity contribution in [2.45, 2.75) is 38.1 Å². The highest BCUT2D eigenvalue weighted by molar-refractivity contribution is 6.48. The number of allylic oxidation sites excluding steroid dienone is 2. The molecule has 2 atom stereocenters. The predicted molar refractivity (Wildman–Crippen MR) is 78.7 cm³/mol. The van der Waals surface area contributed by atoms with Crippen LogP contribution in [0, 0.1) is 0 Å². The highest BCUT2D eigenvalue weighted by Crippen LogP contribution is 2.36. The Morgan fingerprint density at radius 1 is 1.43 bits per heavy atom. The Balaban J connectivity index is 3.23. The Kier molecular flexibility index (Phi) is 5.25. The molecule has 0 unspecified atom stereocenters. The van der Waals surface area contributed by atoms with Crippen molar-refractivity contribution >= 4 is 35.1 Å². The minimum absolute atomic E-state index is 0.260. The molecule has 116 valence electrons. The lowest BCUT2D eigenvalue weighted by molar-refractivity contribution is -0.182. The largest absolute Gasteiger partial charge is 0.457 e. The van der Waals surface area contributed by atoms with Gasteiger partial charge in [0, 0.05) is 0 Å². The summed E-state index contributed by atoms with van der Waals surface area (Å²) in [6.45, 7) is 8.34. The normalized spacial score (nSPS) is 22.2. The van der Waals surface area contributed by atoms with E-state index in [4.69, 9.17) is 32.7 Å². The van der Waals surface area contributed by atoms with E-state index >= 15 is 0 Å². The molecule has 0 fully saturated rings. The van der Waals surface area contributed by atoms with E-state index in [0.717, 1.165) is 6.08 Å². The lowest BCUT2D eigenvalue weighted by atomic mass is 9.95. The molecule has 0 saturated heterocycles. The summed E-state index contributed by atoms with van der Waals surface area (Å²) in [6, 6.07) is 0. The molecule has 0 aromatic carbocycles. The third kappa shape index (κ3) is 3.87. The molecular formula is C14H16Cl2O5. The Bertz CT molecular complexity index is 530. The average Bonchev–Trinajstić information content (AvgIpc) is 2.62. The van der Waals surface area contributed by atoms with E-state index in [1.165, 1.54) is 12.2 Å². The van der Waals surface area contributed by atoms with Crippen LogP contribution >= 0.6 is 23.2 Å². The van der Waals surface area contributed by atoms with E-state index in [0.29, 0.717) is 0 Å². The fourth-order valence-electron chi connectivity index (χ4n) is 1.54. The van der Waals surface area contributed by atoms with Crippen LogP contribution in [0.1, 0.15) is 20.8 Å². The molecule has 0 saturated carbocycles. The van der Waals surface area contributed by atoms with Crippen LogP contribution in [0.4, 0.5) is 0 Å². The first-order valence-electron chi connectivity index (χ1n) is 6.05. The average molecular weight is 335 g/mol. The number of carbonyl (C=O) groups excluding carboxylic acids is 2. The van der Waals surface area contributed by atoms with Crippen LogP contribution in [0.25, 0.3) is 0 Å². The highest BCUT2D eigenvalue weighted by atomic mass is 35.5. The molecule has 5 nitrogen and oxygen atoms in total. The second-order valence-electron chi connectivity index (χ2n) is 5.37. The topological polar surface area (TPSA) is 72.8 Å². The summed E-state index contributed by atoms with van der Waals surface area (Å²) in [5.41, 5.74) is -3.15. The number of halogens is 2. The van der Waals surface area contributed by atoms with Gasteiger partial charge >= 0.3 is 11.9 Å². The third-order valence-corrected chi connectivity index (χ3v) is 3.30. The van der Waals surface area contributed by atoms with Gasteiger partial charge in [-0.3, -0.25) is 0 Å². The number of aliphatic hydroxyl groups is 1. The first-order valence-corrected chi connectivity index (χ1v) is 6.80. The van der Waals surface area contributed by atoms with Gasteiger partial charge in [-0.25, -0.2) is 9.59 Å². The molecule has 1 N–H and O–H groups in total. The van der Waals surface area contributed by atoms with Crippen molar-refractivity contribution in [3.8, 4) is 0 Å². The standard InChI is InChI=1S/C14H16Cl2O5/c1-5-6-7-14(19,12(18)21-13(2,3)4)10-8(15)9(16)11(17)20-10/h5-7,10,19H,1H2,2-4H3/b7-6+/t10-,14+/m1/s1. The van der Waals surface area contributed by atoms with Crippen LogP contribution in [0.15, 0.2) is 34.9 Å². The number of carbonyl (C=O) groups is 2. The first kappa shape index (κ1) is 17.8. The van der Waals surface area contributed by atoms with Gasteiger partial charge in [0.25, 0.3) is 0 Å². The summed E-state index contributed by atoms with van der Waals surface area (Å²) in [7, 11) is 0. The Morgan fingerprint density at radius 3 is 2.38 bits per heavy atom. The van der Waals surface area contributed by atoms with Crippen LogP contribution < -0.4 is 0 Å². The van der Waals surface area contributed by atoms with Crippen molar-refractivity contribution in [2.75, 3.05) is 0 Å². The first-order chi connectivity index (χ1) is 9.53. The summed E-state index contributed by atoms with van der Waals surface area (Å²) < 4.78 is 10.0. The molecule has 0 spiro atoms. The van der Waals surface area contributed by atoms with E-state index in [1.54, 1.807) is 20.8 Å². The summed E-state index contributed by atoms with van der Waals surface area (Å²) in [5, 5.41) is 9.98. The quantitative estimate of drug-likeness (QED) is 0.631. The van der Waals surface area contributed by atoms with Crippen LogP contribution in [0.2, 0.25) is 0 Å². The molecule has 7 heteroatoms. The smallest absolute Gasteiger partial charge is 0.351 e. The number of esters is 2. The number of hydrogen-bond donors (Lipinski definition) is 1. The number of hydrogen-bond acceptors (Lipinski definition) is 5. The number of rotatable bonds is 4. The lowest BCUT2D eigenvalue weighted by Crippen LogP contribution is -2.51. The zero-order valence-electron chi connectivity index (χ0n) is 11.9. The van der Waals surface area contributed by atoms with Gasteiger partial charge in [-0.1, -0.05) is 41.9 Å². The summed E-state index contributed by atoms with van der Waals surface area (Å²) in [5.74, 6) is -1.93. The minimum Gasteiger partial charge on any atom is -0.457 e. The van der Waals surface area contributed by atoms with E-state index in [1.807, 2.05) is 0 Å². The molecule has 0 aromatic rings. The summed E-state index contributed by atoms with van der Waals surface area (Å²) in [6.07, 6.45) is 2.27. The zero-order chi connectivity index (χ0) is 16.4. The number of ether oxygens (including phenoxy) is 2. The molecule has 1 aliphatic heterocycles. The maximum atomic E-state index is 12.3. The highest BCUT2D eigenvalue weighted by Gasteiger charge is 2.52. The monoisotopic (exact) mass is 334 g/mol. The summed E-state index contributed by atoms with van der Waals surface area (Å²) >= 11 is 11.5. The fraction of sp³-hybridized carbons (Fsp3) is 0.429. The van der Waals surface area contributed by atoms with Gasteiger partial charge in [-0.15, -0.1) is 0 Å². The minimum atomic E-state index is -2.30. The molecule has 21 heavy (non-hydrogen) atoms. The molecule has 0 aromatic heterocycles. The predicted octanol–water partition coefficient (Wildman–Crippen LogP) is 2.42. The van der Waals surface area contributed by atoms with Gasteiger partial charge in [-0.2, -0.15) is 0 Å². The van der Waals surface area contributed by atoms with E-state index in [2.05, 4.69) is 6.58 Å². The molecule has 0 bridgehead atoms. The van der Waals surface area contributed by atoms with Crippen LogP contribution in [-0.2, 0) is 19.1 Å². The van der Waals surface area contributed by atoms with Gasteiger partial charge in [0.2, 0.25) is 5.60 Å². The summed E-state index contributed by atoms with van der Waals surface area (Å²) in [4.78, 5) is 23.7. The molecule has 0 radical (unpaired) electrons. The maximum absolute atomic E-state index is 12.3. The van der Waals surface area contributed by atoms with Crippen LogP contribution in [0.3, 0.4) is 0 Å². The van der Waals surface area contributed by atoms with Gasteiger partial charge < -0.3 is 14.6 Å². The molecule has 0 amide bonds. The zero-order valence-corrected chi connectivity index (χ0v) is 13.4. The maximum Gasteiger partial charge on any atom is 0.351 e. The number of cyclic esters (lactones) is 1. The van der Waals surface area contributed by atoms with Gasteiger partial charge in [0.05, 0.1) is 5.03 Å². The molecule has 0 aliphatic carbocycles. The SMILES string of the molecule is C=C/C=C/[C@@](O)(C(=O)OC(C)(C)C)[C@@H]1OC(=O)C(Cl)=C1Cl. The van der Waals surface area contributed by atoms with Crippen LogP contribution in [0.5, 0.6) is 0 Å². The third-order valence-electron chi connectivity index (χ3n) is 2.46. The van der Waals surface area contributed by atoms with Crippen LogP contribution in [-0.4, -0.2) is 34.4 Å². The Morgan fingerprint density at radius 2 is 2.00 bits per heavy atom. The fourth-order valence-corrected chi connectivity index (χ4v) is 1.97. The molecule has 1 rings (SSSR count). The van der Waals surface area contributed by atoms with E-state index in [9.17, 15) is 14.7 Å². The van der Waals surface area contributed by atoms with Crippen molar-refractivity contribution in [3.05, 3.63) is 34.9 Å². The second kappa shape index (κ2) is 6.22. The lowest BCUT2D eigenvalue weighted by Gasteiger charge is -2.31. The van der Waals surface area contributed by atoms with E-state index < -0.39 is 29.2 Å². The Labute approximate surface area is 132 Å². The van der Waals surface area contributed by atoms with Gasteiger partial charge in [0.15, 0.2) is 6.10 Å². The van der Waals surface area contributed by atoms with Crippen molar-refractivity contribution in [1.29, 1.82) is 0 Å².